The van der Waals surface area contributed by atoms with Gasteiger partial charge in [0.2, 0.25) is 51.9 Å². The maximum Gasteiger partial charge on any atom is 0.409 e. The predicted octanol–water partition coefficient (Wildman–Crippen LogP) is 5.22. The van der Waals surface area contributed by atoms with Crippen LogP contribution in [-0.2, 0) is 105 Å². The number of carboxylic acid groups (broad SMARTS) is 1. The molecule has 0 unspecified atom stereocenters. The fourth-order valence-corrected chi connectivity index (χ4v) is 20.4. The minimum atomic E-state index is -4.62. The zero-order valence-electron chi connectivity index (χ0n) is 73.0. The van der Waals surface area contributed by atoms with Crippen molar-refractivity contribution in [2.75, 3.05) is 146 Å². The van der Waals surface area contributed by atoms with Crippen LogP contribution in [0.4, 0.5) is 31.9 Å². The number of aliphatic carboxylic acids is 1. The molecule has 137 heavy (non-hydrogen) atoms. The number of aromatic nitrogens is 3. The number of halogens is 5. The fraction of sp³-hybridized carbons (Fsp3) is 0.361. The van der Waals surface area contributed by atoms with Crippen LogP contribution < -0.4 is 36.1 Å². The van der Waals surface area contributed by atoms with Crippen molar-refractivity contribution < 1.29 is 158 Å². The zero-order valence-corrected chi connectivity index (χ0v) is 77.0. The highest BCUT2D eigenvalue weighted by molar-refractivity contribution is 7.90. The molecule has 45 nitrogen and oxygen atoms in total. The standard InChI is InChI=1S/C24H30N4O8S.C20H23FN4O8S.C20H23FN4O7S.C19H18ClF2N3O7S/c1-34-12-13-35-24(30)27-10-11-28(21(16-27)23(29)26-31)37(32,33)20-8-9-22(25-15-20)36-19-7-6-17-4-2-3-5-18(17)14-19;1-31-10-11-32-20(27)24-8-9-25(17(13-24)19(26)23-28)34(29,30)16-6-7-18(22-12-16)33-15-4-2-14(21)3-5-15;1-31-9-10-32-20(27)24-7-8-25(18(13-24)19(26)23-28)33(29,30)16-5-6-17(22-12-16)14-3-2-4-15(21)11-14;20-11-1-3-12(4-2-11)32-18-14(21)7-13(8-15(18)22)33(30,31)25-6-5-24(10-17(26)27)9-16(25)19(28)23-29/h6-9,14-15,21,31H,2-5,10-13,16H2,1H3,(H,26,29);2-7,12,17,28H,8-11,13H2,1H3,(H,23,26);2-6,11-12,18,28H,7-10,13H2,1H3,(H,23,26);1-4,7-8,16,29H,5-6,9-10H2,(H,23,28)(H,26,27)/t21-;17-;18-;16-/m1111/s1. The number of amides is 7. The molecular formula is C83H94ClF4N15O30S4. The molecule has 0 spiro atoms. The molecule has 9 N–H and O–H groups in total. The molecule has 4 atom stereocenters. The average Bonchev–Trinajstić information content (AvgIpc) is 0.772. The summed E-state index contributed by atoms with van der Waals surface area (Å²) in [6.07, 6.45) is 5.49. The van der Waals surface area contributed by atoms with Crippen LogP contribution in [-0.4, -0.2) is 329 Å². The second kappa shape index (κ2) is 49.5. The number of benzene rings is 5. The van der Waals surface area contributed by atoms with Gasteiger partial charge in [-0.25, -0.2) is 97.5 Å². The molecule has 5 aromatic carbocycles. The van der Waals surface area contributed by atoms with Crippen LogP contribution in [0.5, 0.6) is 34.8 Å². The smallest absolute Gasteiger partial charge is 0.409 e. The van der Waals surface area contributed by atoms with Crippen molar-refractivity contribution in [3.63, 3.8) is 0 Å². The maximum absolute atomic E-state index is 14.6. The summed E-state index contributed by atoms with van der Waals surface area (Å²) in [7, 11) is -12.9. The first kappa shape index (κ1) is 106. The van der Waals surface area contributed by atoms with Gasteiger partial charge < -0.3 is 62.4 Å². The van der Waals surface area contributed by atoms with Crippen molar-refractivity contribution in [2.24, 2.45) is 0 Å². The van der Waals surface area contributed by atoms with E-state index in [-0.39, 0.29) is 150 Å². The third-order valence-electron chi connectivity index (χ3n) is 21.0. The molecule has 0 radical (unpaired) electrons. The lowest BCUT2D eigenvalue weighted by Gasteiger charge is -2.38. The highest BCUT2D eigenvalue weighted by Gasteiger charge is 2.47. The highest BCUT2D eigenvalue weighted by Crippen LogP contribution is 2.36. The Kier molecular flexibility index (Phi) is 38.4. The molecule has 4 aliphatic heterocycles. The van der Waals surface area contributed by atoms with E-state index in [1.165, 1.54) is 184 Å². The third-order valence-corrected chi connectivity index (χ3v) is 28.8. The first-order valence-electron chi connectivity index (χ1n) is 41.2. The van der Waals surface area contributed by atoms with Crippen LogP contribution in [0, 0.1) is 23.3 Å². The molecule has 3 aromatic heterocycles. The minimum absolute atomic E-state index is 0.00591. The molecule has 54 heteroatoms. The molecule has 7 heterocycles. The Morgan fingerprint density at radius 1 is 0.409 bits per heavy atom. The van der Waals surface area contributed by atoms with Crippen molar-refractivity contribution in [2.45, 2.75) is 69.4 Å². The summed E-state index contributed by atoms with van der Waals surface area (Å²) < 4.78 is 211. The van der Waals surface area contributed by atoms with E-state index in [4.69, 9.17) is 75.0 Å². The van der Waals surface area contributed by atoms with Crippen LogP contribution in [0.3, 0.4) is 0 Å². The number of aryl methyl sites for hydroxylation is 2. The number of pyridine rings is 3. The summed E-state index contributed by atoms with van der Waals surface area (Å²) in [4.78, 5) is 112. The topological polar surface area (TPSA) is 570 Å². The monoisotopic (exact) mass is 2020 g/mol. The first-order valence-corrected chi connectivity index (χ1v) is 47.3. The number of hydroxylamine groups is 4. The van der Waals surface area contributed by atoms with Crippen LogP contribution >= 0.6 is 11.6 Å². The van der Waals surface area contributed by atoms with Crippen molar-refractivity contribution in [1.29, 1.82) is 0 Å². The third kappa shape index (κ3) is 28.1. The summed E-state index contributed by atoms with van der Waals surface area (Å²) in [5.41, 5.74) is 9.08. The van der Waals surface area contributed by atoms with Crippen LogP contribution in [0.1, 0.15) is 24.0 Å². The lowest BCUT2D eigenvalue weighted by molar-refractivity contribution is -0.141. The number of fused-ring (bicyclic) bond motifs is 1. The van der Waals surface area contributed by atoms with E-state index in [1.54, 1.807) is 6.07 Å². The second-order valence-electron chi connectivity index (χ2n) is 29.8. The van der Waals surface area contributed by atoms with Crippen molar-refractivity contribution in [3.8, 4) is 46.0 Å². The highest BCUT2D eigenvalue weighted by atomic mass is 35.5. The summed E-state index contributed by atoms with van der Waals surface area (Å²) in [5.74, 6) is -8.39. The maximum atomic E-state index is 14.6. The van der Waals surface area contributed by atoms with Crippen LogP contribution in [0.25, 0.3) is 11.3 Å². The molecule has 4 fully saturated rings. The van der Waals surface area contributed by atoms with Gasteiger partial charge in [-0.3, -0.25) is 54.7 Å². The minimum Gasteiger partial charge on any atom is -0.480 e. The Morgan fingerprint density at radius 2 is 0.796 bits per heavy atom. The van der Waals surface area contributed by atoms with Gasteiger partial charge >= 0.3 is 24.2 Å². The van der Waals surface area contributed by atoms with Gasteiger partial charge in [-0.2, -0.15) is 17.2 Å². The van der Waals surface area contributed by atoms with Gasteiger partial charge in [-0.05, 0) is 146 Å². The zero-order chi connectivity index (χ0) is 99.5. The van der Waals surface area contributed by atoms with Crippen molar-refractivity contribution in [1.82, 2.24) is 73.7 Å². The number of hydrogen-bond donors (Lipinski definition) is 9. The molecule has 8 aromatic rings. The Bertz CT molecular complexity index is 6020. The summed E-state index contributed by atoms with van der Waals surface area (Å²) in [5, 5.41) is 45.7. The number of piperazine rings is 4. The number of hydrogen-bond acceptors (Lipinski definition) is 33. The molecule has 4 saturated heterocycles. The molecular weight excluding hydrogens is 1930 g/mol. The van der Waals surface area contributed by atoms with Crippen molar-refractivity contribution in [3.05, 3.63) is 198 Å². The SMILES string of the molecule is COCCOC(=O)N1CCN(S(=O)(=O)c2ccc(-c3cccc(F)c3)nc2)[C@@H](C(=O)NO)C1.COCCOC(=O)N1CCN(S(=O)(=O)c2ccc(Oc3ccc(F)cc3)nc2)[C@@H](C(=O)NO)C1.COCCOC(=O)N1CCN(S(=O)(=O)c2ccc(Oc3ccc4c(c3)CCCC4)nc2)[C@@H](C(=O)NO)C1.O=C(O)CN1CCN(S(=O)(=O)c2cc(F)c(Oc3ccc(Cl)cc3)c(F)c2)[C@@H](C(=O)NO)C1. The summed E-state index contributed by atoms with van der Waals surface area (Å²) in [6.45, 7) is -2.39. The number of carbonyl (C=O) groups excluding carboxylic acids is 7. The Labute approximate surface area is 786 Å². The number of nitrogens with zero attached hydrogens (tertiary/aromatic N) is 11. The van der Waals surface area contributed by atoms with E-state index in [9.17, 15) is 94.8 Å². The van der Waals surface area contributed by atoms with E-state index in [2.05, 4.69) is 15.0 Å². The molecule has 0 saturated carbocycles. The van der Waals surface area contributed by atoms with Gasteiger partial charge in [0, 0.05) is 129 Å². The average molecular weight is 2020 g/mol. The van der Waals surface area contributed by atoms with Gasteiger partial charge in [0.15, 0.2) is 17.4 Å². The van der Waals surface area contributed by atoms with E-state index >= 15 is 0 Å². The second-order valence-corrected chi connectivity index (χ2v) is 37.8. The quantitative estimate of drug-likeness (QED) is 0.00916. The van der Waals surface area contributed by atoms with Gasteiger partial charge in [-0.15, -0.1) is 0 Å². The molecule has 13 rings (SSSR count). The number of nitrogens with one attached hydrogen (secondary N) is 4. The van der Waals surface area contributed by atoms with Gasteiger partial charge in [0.1, 0.15) is 87.6 Å². The number of carboxylic acids is 1. The number of ether oxygens (including phenoxy) is 9. The lowest BCUT2D eigenvalue weighted by atomic mass is 9.92. The van der Waals surface area contributed by atoms with E-state index < -0.39 is 153 Å². The number of carbonyl (C=O) groups is 8. The normalized spacial score (nSPS) is 17.3. The van der Waals surface area contributed by atoms with Gasteiger partial charge in [0.25, 0.3) is 23.6 Å². The van der Waals surface area contributed by atoms with E-state index in [1.807, 2.05) is 18.2 Å². The molecule has 740 valence electrons. The molecule has 0 bridgehead atoms. The fourth-order valence-electron chi connectivity index (χ4n) is 14.1. The van der Waals surface area contributed by atoms with Gasteiger partial charge in [0.05, 0.1) is 49.3 Å². The van der Waals surface area contributed by atoms with E-state index in [0.717, 1.165) is 50.8 Å². The first-order chi connectivity index (χ1) is 65.4. The lowest BCUT2D eigenvalue weighted by Crippen LogP contribution is -2.61. The van der Waals surface area contributed by atoms with E-state index in [0.29, 0.717) is 44.2 Å². The largest absolute Gasteiger partial charge is 0.480 e. The van der Waals surface area contributed by atoms with Crippen molar-refractivity contribution >= 4 is 99.6 Å². The van der Waals surface area contributed by atoms with Crippen LogP contribution in [0.15, 0.2) is 178 Å². The predicted molar refractivity (Wildman–Crippen MR) is 465 cm³/mol. The Hall–Kier alpha value is -12.6. The number of sulfonamides is 4. The Balaban J connectivity index is 0.000000189. The molecule has 5 aliphatic rings. The van der Waals surface area contributed by atoms with Crippen LogP contribution in [0.2, 0.25) is 5.02 Å². The summed E-state index contributed by atoms with van der Waals surface area (Å²) >= 11 is 5.75. The Morgan fingerprint density at radius 3 is 1.20 bits per heavy atom. The summed E-state index contributed by atoms with van der Waals surface area (Å²) in [6, 6.07) is 25.8. The molecule has 7 amide bonds. The molecule has 1 aliphatic carbocycles. The van der Waals surface area contributed by atoms with Gasteiger partial charge in [-0.1, -0.05) is 29.8 Å². The number of methoxy groups -OCH3 is 3. The number of rotatable bonds is 30.